The Labute approximate surface area is 108 Å². The fraction of sp³-hybridized carbons (Fsp3) is 0.154. The summed E-state index contributed by atoms with van der Waals surface area (Å²) in [6, 6.07) is 5.15. The van der Waals surface area contributed by atoms with Gasteiger partial charge in [-0.05, 0) is 18.2 Å². The van der Waals surface area contributed by atoms with Gasteiger partial charge >= 0.3 is 0 Å². The number of hydrogen-bond acceptors (Lipinski definition) is 3. The monoisotopic (exact) mass is 266 g/mol. The molecule has 1 aromatic carbocycles. The molecule has 0 saturated carbocycles. The van der Waals surface area contributed by atoms with E-state index in [1.165, 1.54) is 12.3 Å². The van der Waals surface area contributed by atoms with E-state index in [2.05, 4.69) is 10.6 Å². The third-order valence-electron chi connectivity index (χ3n) is 2.42. The summed E-state index contributed by atoms with van der Waals surface area (Å²) in [4.78, 5) is 11.5. The molecule has 1 amide bonds. The summed E-state index contributed by atoms with van der Waals surface area (Å²) in [5, 5.41) is 5.01. The minimum Gasteiger partial charge on any atom is -0.472 e. The van der Waals surface area contributed by atoms with Crippen molar-refractivity contribution in [2.45, 2.75) is 6.54 Å². The molecule has 0 atom stereocenters. The molecule has 0 saturated heterocycles. The first-order valence-electron chi connectivity index (χ1n) is 5.62. The molecule has 0 fully saturated rings. The number of furan rings is 1. The van der Waals surface area contributed by atoms with E-state index < -0.39 is 23.2 Å². The van der Waals surface area contributed by atoms with E-state index in [1.807, 2.05) is 0 Å². The molecule has 0 aliphatic rings. The molecule has 0 radical (unpaired) electrons. The molecule has 0 spiro atoms. The summed E-state index contributed by atoms with van der Waals surface area (Å²) >= 11 is 0. The van der Waals surface area contributed by atoms with Crippen LogP contribution in [0.25, 0.3) is 0 Å². The molecule has 1 aromatic heterocycles. The van der Waals surface area contributed by atoms with Gasteiger partial charge in [0.05, 0.1) is 19.1 Å². The summed E-state index contributed by atoms with van der Waals surface area (Å²) in [6.07, 6.45) is 3.06. The Hall–Kier alpha value is -2.21. The lowest BCUT2D eigenvalue weighted by Gasteiger charge is -2.07. The van der Waals surface area contributed by atoms with Gasteiger partial charge in [0.15, 0.2) is 0 Å². The smallest absolute Gasteiger partial charge is 0.238 e. The van der Waals surface area contributed by atoms with Crippen LogP contribution in [-0.2, 0) is 11.3 Å². The highest BCUT2D eigenvalue weighted by Gasteiger charge is 2.11. The number of rotatable bonds is 5. The summed E-state index contributed by atoms with van der Waals surface area (Å²) < 4.78 is 31.4. The van der Waals surface area contributed by atoms with Gasteiger partial charge in [0.1, 0.15) is 17.3 Å². The molecule has 0 bridgehead atoms. The zero-order valence-electron chi connectivity index (χ0n) is 9.95. The van der Waals surface area contributed by atoms with Gasteiger partial charge < -0.3 is 15.1 Å². The van der Waals surface area contributed by atoms with Crippen molar-refractivity contribution in [1.29, 1.82) is 0 Å². The molecular formula is C13H12F2N2O2. The van der Waals surface area contributed by atoms with Gasteiger partial charge in [-0.2, -0.15) is 0 Å². The van der Waals surface area contributed by atoms with Crippen molar-refractivity contribution < 1.29 is 18.0 Å². The number of anilines is 1. The van der Waals surface area contributed by atoms with Gasteiger partial charge in [0.2, 0.25) is 5.91 Å². The Bertz CT molecular complexity index is 536. The highest BCUT2D eigenvalue weighted by molar-refractivity contribution is 5.92. The second-order valence-corrected chi connectivity index (χ2v) is 3.88. The van der Waals surface area contributed by atoms with Crippen LogP contribution < -0.4 is 10.6 Å². The zero-order valence-corrected chi connectivity index (χ0v) is 9.95. The van der Waals surface area contributed by atoms with E-state index in [-0.39, 0.29) is 6.54 Å². The van der Waals surface area contributed by atoms with Gasteiger partial charge in [0.25, 0.3) is 0 Å². The SMILES string of the molecule is O=C(CNCc1ccoc1)Nc1c(F)cccc1F. The van der Waals surface area contributed by atoms with E-state index >= 15 is 0 Å². The second-order valence-electron chi connectivity index (χ2n) is 3.88. The number of halogens is 2. The second kappa shape index (κ2) is 6.10. The summed E-state index contributed by atoms with van der Waals surface area (Å²) in [5.41, 5.74) is 0.447. The minimum atomic E-state index is -0.803. The molecule has 100 valence electrons. The van der Waals surface area contributed by atoms with E-state index in [9.17, 15) is 13.6 Å². The maximum absolute atomic E-state index is 13.3. The molecule has 2 aromatic rings. The maximum Gasteiger partial charge on any atom is 0.238 e. The average Bonchev–Trinajstić information content (AvgIpc) is 2.87. The Morgan fingerprint density at radius 1 is 1.21 bits per heavy atom. The Balaban J connectivity index is 1.84. The number of para-hydroxylation sites is 1. The fourth-order valence-electron chi connectivity index (χ4n) is 1.51. The fourth-order valence-corrected chi connectivity index (χ4v) is 1.51. The summed E-state index contributed by atoms with van der Waals surface area (Å²) in [5.74, 6) is -2.13. The van der Waals surface area contributed by atoms with Gasteiger partial charge in [-0.25, -0.2) is 8.78 Å². The quantitative estimate of drug-likeness (QED) is 0.873. The van der Waals surface area contributed by atoms with E-state index in [0.29, 0.717) is 6.54 Å². The third kappa shape index (κ3) is 3.62. The van der Waals surface area contributed by atoms with E-state index in [1.54, 1.807) is 12.3 Å². The predicted octanol–water partition coefficient (Wildman–Crippen LogP) is 2.29. The van der Waals surface area contributed by atoms with Crippen molar-refractivity contribution in [2.75, 3.05) is 11.9 Å². The topological polar surface area (TPSA) is 54.3 Å². The first-order valence-corrected chi connectivity index (χ1v) is 5.62. The molecule has 4 nitrogen and oxygen atoms in total. The first kappa shape index (κ1) is 13.2. The highest BCUT2D eigenvalue weighted by Crippen LogP contribution is 2.17. The van der Waals surface area contributed by atoms with Crippen LogP contribution in [0.4, 0.5) is 14.5 Å². The van der Waals surface area contributed by atoms with Crippen molar-refractivity contribution in [3.8, 4) is 0 Å². The lowest BCUT2D eigenvalue weighted by molar-refractivity contribution is -0.115. The molecular weight excluding hydrogens is 254 g/mol. The molecule has 0 aliphatic heterocycles. The summed E-state index contributed by atoms with van der Waals surface area (Å²) in [6.45, 7) is 0.378. The predicted molar refractivity (Wildman–Crippen MR) is 65.4 cm³/mol. The summed E-state index contributed by atoms with van der Waals surface area (Å²) in [7, 11) is 0. The zero-order chi connectivity index (χ0) is 13.7. The van der Waals surface area contributed by atoms with Crippen LogP contribution in [0.3, 0.4) is 0 Å². The van der Waals surface area contributed by atoms with Crippen molar-refractivity contribution in [3.05, 3.63) is 54.0 Å². The lowest BCUT2D eigenvalue weighted by Crippen LogP contribution is -2.28. The maximum atomic E-state index is 13.3. The largest absolute Gasteiger partial charge is 0.472 e. The lowest BCUT2D eigenvalue weighted by atomic mass is 10.3. The van der Waals surface area contributed by atoms with E-state index in [4.69, 9.17) is 4.42 Å². The van der Waals surface area contributed by atoms with Crippen molar-refractivity contribution in [1.82, 2.24) is 5.32 Å². The number of hydrogen-bond donors (Lipinski definition) is 2. The number of benzene rings is 1. The number of carbonyl (C=O) groups excluding carboxylic acids is 1. The van der Waals surface area contributed by atoms with Crippen LogP contribution in [0.2, 0.25) is 0 Å². The Morgan fingerprint density at radius 3 is 2.58 bits per heavy atom. The normalized spacial score (nSPS) is 10.4. The number of carbonyl (C=O) groups is 1. The van der Waals surface area contributed by atoms with Gasteiger partial charge in [-0.15, -0.1) is 0 Å². The molecule has 0 unspecified atom stereocenters. The van der Waals surface area contributed by atoms with Crippen LogP contribution >= 0.6 is 0 Å². The van der Waals surface area contributed by atoms with Gasteiger partial charge in [-0.1, -0.05) is 6.07 Å². The van der Waals surface area contributed by atoms with Gasteiger partial charge in [-0.3, -0.25) is 4.79 Å². The number of nitrogens with one attached hydrogen (secondary N) is 2. The Morgan fingerprint density at radius 2 is 1.95 bits per heavy atom. The molecule has 2 rings (SSSR count). The molecule has 2 N–H and O–H groups in total. The van der Waals surface area contributed by atoms with E-state index in [0.717, 1.165) is 17.7 Å². The standard InChI is InChI=1S/C13H12F2N2O2/c14-10-2-1-3-11(15)13(10)17-12(18)7-16-6-9-4-5-19-8-9/h1-5,8,16H,6-7H2,(H,17,18). The minimum absolute atomic E-state index is 0.0566. The van der Waals surface area contributed by atoms with Crippen molar-refractivity contribution in [3.63, 3.8) is 0 Å². The van der Waals surface area contributed by atoms with Crippen molar-refractivity contribution >= 4 is 11.6 Å². The molecule has 0 aliphatic carbocycles. The molecule has 19 heavy (non-hydrogen) atoms. The van der Waals surface area contributed by atoms with Crippen LogP contribution in [0.15, 0.2) is 41.2 Å². The Kier molecular flexibility index (Phi) is 4.25. The first-order chi connectivity index (χ1) is 9.16. The molecule has 1 heterocycles. The van der Waals surface area contributed by atoms with Crippen LogP contribution in [-0.4, -0.2) is 12.5 Å². The average molecular weight is 266 g/mol. The highest BCUT2D eigenvalue weighted by atomic mass is 19.1. The third-order valence-corrected chi connectivity index (χ3v) is 2.42. The van der Waals surface area contributed by atoms with Crippen LogP contribution in [0.1, 0.15) is 5.56 Å². The van der Waals surface area contributed by atoms with Gasteiger partial charge in [0, 0.05) is 12.1 Å². The van der Waals surface area contributed by atoms with Crippen LogP contribution in [0, 0.1) is 11.6 Å². The molecule has 6 heteroatoms. The van der Waals surface area contributed by atoms with Crippen LogP contribution in [0.5, 0.6) is 0 Å². The van der Waals surface area contributed by atoms with Crippen molar-refractivity contribution in [2.24, 2.45) is 0 Å². The number of amides is 1.